The third-order valence-corrected chi connectivity index (χ3v) is 3.64. The number of aromatic nitrogens is 3. The summed E-state index contributed by atoms with van der Waals surface area (Å²) in [6.07, 6.45) is 5.68. The Morgan fingerprint density at radius 1 is 1.05 bits per heavy atom. The highest BCUT2D eigenvalue weighted by Crippen LogP contribution is 2.36. The predicted octanol–water partition coefficient (Wildman–Crippen LogP) is 2.25. The van der Waals surface area contributed by atoms with Crippen molar-refractivity contribution < 1.29 is 0 Å². The summed E-state index contributed by atoms with van der Waals surface area (Å²) in [6.45, 7) is 0.488. The van der Waals surface area contributed by atoms with E-state index < -0.39 is 0 Å². The second kappa shape index (κ2) is 5.53. The molecule has 1 aromatic carbocycles. The van der Waals surface area contributed by atoms with Crippen molar-refractivity contribution in [2.45, 2.75) is 44.7 Å². The van der Waals surface area contributed by atoms with Gasteiger partial charge in [0.1, 0.15) is 11.6 Å². The molecule has 1 aromatic heterocycles. The molecule has 3 rings (SSSR count). The Balaban J connectivity index is 1.62. The first kappa shape index (κ1) is 12.4. The zero-order valence-electron chi connectivity index (χ0n) is 11.1. The average molecular weight is 256 g/mol. The van der Waals surface area contributed by atoms with E-state index in [1.165, 1.54) is 18.4 Å². The Kier molecular flexibility index (Phi) is 3.60. The van der Waals surface area contributed by atoms with Crippen molar-refractivity contribution >= 4 is 0 Å². The number of hydrogen-bond donors (Lipinski definition) is 1. The van der Waals surface area contributed by atoms with Gasteiger partial charge in [0.05, 0.1) is 6.54 Å². The third kappa shape index (κ3) is 2.84. The van der Waals surface area contributed by atoms with Gasteiger partial charge in [0, 0.05) is 12.5 Å². The summed E-state index contributed by atoms with van der Waals surface area (Å²) in [4.78, 5) is 0. The summed E-state index contributed by atoms with van der Waals surface area (Å²) in [5.74, 6) is 2.05. The third-order valence-electron chi connectivity index (χ3n) is 3.64. The fourth-order valence-corrected chi connectivity index (χ4v) is 2.52. The van der Waals surface area contributed by atoms with Gasteiger partial charge in [0.25, 0.3) is 0 Å². The molecule has 2 N–H and O–H groups in total. The molecule has 0 radical (unpaired) electrons. The Bertz CT molecular complexity index is 528. The minimum Gasteiger partial charge on any atom is -0.324 e. The van der Waals surface area contributed by atoms with E-state index in [0.29, 0.717) is 12.6 Å². The van der Waals surface area contributed by atoms with Crippen LogP contribution < -0.4 is 5.73 Å². The van der Waals surface area contributed by atoms with Gasteiger partial charge in [-0.25, -0.2) is 0 Å². The van der Waals surface area contributed by atoms with E-state index in [2.05, 4.69) is 45.1 Å². The van der Waals surface area contributed by atoms with Gasteiger partial charge < -0.3 is 10.3 Å². The van der Waals surface area contributed by atoms with Crippen LogP contribution in [0, 0.1) is 0 Å². The van der Waals surface area contributed by atoms with E-state index in [-0.39, 0.29) is 0 Å². The first-order valence-corrected chi connectivity index (χ1v) is 7.05. The highest BCUT2D eigenvalue weighted by atomic mass is 15.3. The maximum Gasteiger partial charge on any atom is 0.147 e. The minimum atomic E-state index is 0.488. The Morgan fingerprint density at radius 3 is 2.47 bits per heavy atom. The molecule has 0 spiro atoms. The van der Waals surface area contributed by atoms with E-state index in [9.17, 15) is 0 Å². The van der Waals surface area contributed by atoms with Gasteiger partial charge in [0.2, 0.25) is 0 Å². The quantitative estimate of drug-likeness (QED) is 0.862. The maximum absolute atomic E-state index is 5.73. The van der Waals surface area contributed by atoms with Gasteiger partial charge in [-0.3, -0.25) is 0 Å². The summed E-state index contributed by atoms with van der Waals surface area (Å²) in [5.41, 5.74) is 7.11. The molecule has 0 amide bonds. The molecule has 4 heteroatoms. The first-order chi connectivity index (χ1) is 9.38. The van der Waals surface area contributed by atoms with Gasteiger partial charge in [-0.05, 0) is 31.2 Å². The molecule has 1 aliphatic rings. The van der Waals surface area contributed by atoms with Crippen LogP contribution in [-0.4, -0.2) is 14.8 Å². The molecule has 100 valence electrons. The van der Waals surface area contributed by atoms with E-state index in [1.54, 1.807) is 0 Å². The molecule has 19 heavy (non-hydrogen) atoms. The zero-order valence-corrected chi connectivity index (χ0v) is 11.1. The van der Waals surface area contributed by atoms with Crippen LogP contribution in [0.4, 0.5) is 0 Å². The highest BCUT2D eigenvalue weighted by Gasteiger charge is 2.28. The van der Waals surface area contributed by atoms with Gasteiger partial charge in [0.15, 0.2) is 0 Å². The number of aryl methyl sites for hydroxylation is 2. The van der Waals surface area contributed by atoms with E-state index in [0.717, 1.165) is 30.9 Å². The number of rotatable bonds is 6. The SMILES string of the molecule is NCc1nnc(CCCc2ccccc2)n1C1CC1. The Labute approximate surface area is 113 Å². The Hall–Kier alpha value is -1.68. The van der Waals surface area contributed by atoms with Crippen LogP contribution in [0.2, 0.25) is 0 Å². The smallest absolute Gasteiger partial charge is 0.147 e. The molecule has 1 aliphatic carbocycles. The molecule has 0 atom stereocenters. The summed E-state index contributed by atoms with van der Waals surface area (Å²) in [7, 11) is 0. The lowest BCUT2D eigenvalue weighted by atomic mass is 10.1. The molecule has 0 bridgehead atoms. The van der Waals surface area contributed by atoms with Crippen LogP contribution in [0.15, 0.2) is 30.3 Å². The van der Waals surface area contributed by atoms with Crippen LogP contribution in [0.3, 0.4) is 0 Å². The summed E-state index contributed by atoms with van der Waals surface area (Å²) >= 11 is 0. The second-order valence-corrected chi connectivity index (χ2v) is 5.18. The summed E-state index contributed by atoms with van der Waals surface area (Å²) in [5, 5.41) is 8.52. The fraction of sp³-hybridized carbons (Fsp3) is 0.467. The maximum atomic E-state index is 5.73. The molecular formula is C15H20N4. The number of hydrogen-bond acceptors (Lipinski definition) is 3. The van der Waals surface area contributed by atoms with Gasteiger partial charge in [-0.1, -0.05) is 30.3 Å². The molecule has 0 unspecified atom stereocenters. The first-order valence-electron chi connectivity index (χ1n) is 7.05. The van der Waals surface area contributed by atoms with Crippen LogP contribution in [0.5, 0.6) is 0 Å². The summed E-state index contributed by atoms with van der Waals surface area (Å²) < 4.78 is 2.27. The van der Waals surface area contributed by atoms with Gasteiger partial charge in [-0.2, -0.15) is 0 Å². The van der Waals surface area contributed by atoms with Gasteiger partial charge in [-0.15, -0.1) is 10.2 Å². The standard InChI is InChI=1S/C15H20N4/c16-11-15-18-17-14(19(15)13-9-10-13)8-4-7-12-5-2-1-3-6-12/h1-3,5-6,13H,4,7-11,16H2. The lowest BCUT2D eigenvalue weighted by Crippen LogP contribution is -2.10. The Morgan fingerprint density at radius 2 is 1.79 bits per heavy atom. The van der Waals surface area contributed by atoms with Crippen molar-refractivity contribution in [3.63, 3.8) is 0 Å². The highest BCUT2D eigenvalue weighted by molar-refractivity contribution is 5.14. The molecule has 1 heterocycles. The molecule has 4 nitrogen and oxygen atoms in total. The fourth-order valence-electron chi connectivity index (χ4n) is 2.52. The van der Waals surface area contributed by atoms with Crippen molar-refractivity contribution in [1.82, 2.24) is 14.8 Å². The van der Waals surface area contributed by atoms with Crippen LogP contribution >= 0.6 is 0 Å². The molecule has 0 saturated heterocycles. The van der Waals surface area contributed by atoms with E-state index in [4.69, 9.17) is 5.73 Å². The van der Waals surface area contributed by atoms with Crippen molar-refractivity contribution in [3.05, 3.63) is 47.5 Å². The van der Waals surface area contributed by atoms with Gasteiger partial charge >= 0.3 is 0 Å². The van der Waals surface area contributed by atoms with Crippen molar-refractivity contribution in [2.75, 3.05) is 0 Å². The van der Waals surface area contributed by atoms with Crippen molar-refractivity contribution in [1.29, 1.82) is 0 Å². The second-order valence-electron chi connectivity index (χ2n) is 5.18. The van der Waals surface area contributed by atoms with Crippen molar-refractivity contribution in [3.8, 4) is 0 Å². The topological polar surface area (TPSA) is 56.7 Å². The van der Waals surface area contributed by atoms with E-state index in [1.807, 2.05) is 0 Å². The molecule has 0 aliphatic heterocycles. The predicted molar refractivity (Wildman–Crippen MR) is 74.7 cm³/mol. The van der Waals surface area contributed by atoms with Crippen LogP contribution in [0.1, 0.15) is 42.5 Å². The lowest BCUT2D eigenvalue weighted by molar-refractivity contribution is 0.627. The number of nitrogens with two attached hydrogens (primary N) is 1. The average Bonchev–Trinajstić information content (AvgIpc) is 3.21. The molecular weight excluding hydrogens is 236 g/mol. The normalized spacial score (nSPS) is 14.8. The summed E-state index contributed by atoms with van der Waals surface area (Å²) in [6, 6.07) is 11.2. The largest absolute Gasteiger partial charge is 0.324 e. The number of nitrogens with zero attached hydrogens (tertiary/aromatic N) is 3. The molecule has 2 aromatic rings. The van der Waals surface area contributed by atoms with Crippen LogP contribution in [0.25, 0.3) is 0 Å². The van der Waals surface area contributed by atoms with Crippen molar-refractivity contribution in [2.24, 2.45) is 5.73 Å². The molecule has 1 saturated carbocycles. The monoisotopic (exact) mass is 256 g/mol. The minimum absolute atomic E-state index is 0.488. The van der Waals surface area contributed by atoms with Crippen LogP contribution in [-0.2, 0) is 19.4 Å². The lowest BCUT2D eigenvalue weighted by Gasteiger charge is -2.07. The zero-order chi connectivity index (χ0) is 13.1. The molecule has 1 fully saturated rings. The van der Waals surface area contributed by atoms with E-state index >= 15 is 0 Å². The number of benzene rings is 1.